The molecule has 1 aromatic heterocycles. The first-order valence-electron chi connectivity index (χ1n) is 5.90. The van der Waals surface area contributed by atoms with Crippen molar-refractivity contribution in [2.75, 3.05) is 30.9 Å². The Bertz CT molecular complexity index is 349. The molecule has 0 bridgehead atoms. The number of anilines is 2. The first kappa shape index (κ1) is 12.7. The fourth-order valence-corrected chi connectivity index (χ4v) is 1.65. The van der Waals surface area contributed by atoms with E-state index in [9.17, 15) is 0 Å². The predicted octanol–water partition coefficient (Wildman–Crippen LogP) is 2.24. The summed E-state index contributed by atoms with van der Waals surface area (Å²) in [6, 6.07) is 0. The van der Waals surface area contributed by atoms with Gasteiger partial charge in [-0.2, -0.15) is 0 Å². The van der Waals surface area contributed by atoms with Crippen LogP contribution in [0.25, 0.3) is 0 Å². The molecule has 0 spiro atoms. The first-order valence-corrected chi connectivity index (χ1v) is 5.90. The minimum atomic E-state index is 0.924. The summed E-state index contributed by atoms with van der Waals surface area (Å²) in [6.45, 7) is 7.28. The average molecular weight is 222 g/mol. The zero-order valence-corrected chi connectivity index (χ0v) is 11.0. The number of hydrogen-bond acceptors (Lipinski definition) is 4. The Morgan fingerprint density at radius 3 is 2.44 bits per heavy atom. The summed E-state index contributed by atoms with van der Waals surface area (Å²) >= 11 is 0. The van der Waals surface area contributed by atoms with E-state index in [1.54, 1.807) is 0 Å². The molecule has 0 amide bonds. The first-order chi connectivity index (χ1) is 7.63. The number of hydrogen-bond donors (Lipinski definition) is 1. The zero-order valence-electron chi connectivity index (χ0n) is 11.0. The molecule has 0 aromatic carbocycles. The Labute approximate surface area is 98.1 Å². The van der Waals surface area contributed by atoms with Gasteiger partial charge in [-0.1, -0.05) is 6.92 Å². The normalized spacial score (nSPS) is 10.3. The number of nitrogens with zero attached hydrogens (tertiary/aromatic N) is 3. The summed E-state index contributed by atoms with van der Waals surface area (Å²) in [4.78, 5) is 11.3. The highest BCUT2D eigenvalue weighted by atomic mass is 15.2. The van der Waals surface area contributed by atoms with Gasteiger partial charge in [-0.3, -0.25) is 0 Å². The molecule has 1 rings (SSSR count). The molecule has 0 aliphatic rings. The van der Waals surface area contributed by atoms with Crippen LogP contribution in [0.3, 0.4) is 0 Å². The van der Waals surface area contributed by atoms with Crippen molar-refractivity contribution < 1.29 is 0 Å². The second kappa shape index (κ2) is 5.68. The van der Waals surface area contributed by atoms with Crippen LogP contribution < -0.4 is 10.2 Å². The summed E-state index contributed by atoms with van der Waals surface area (Å²) in [5.41, 5.74) is 1.12. The maximum atomic E-state index is 4.62. The Morgan fingerprint density at radius 1 is 1.25 bits per heavy atom. The maximum Gasteiger partial charge on any atom is 0.137 e. The molecule has 0 aliphatic carbocycles. The zero-order chi connectivity index (χ0) is 12.1. The van der Waals surface area contributed by atoms with Crippen molar-refractivity contribution in [3.63, 3.8) is 0 Å². The molecule has 90 valence electrons. The molecule has 0 aliphatic heterocycles. The van der Waals surface area contributed by atoms with Crippen LogP contribution in [0.1, 0.15) is 31.7 Å². The lowest BCUT2D eigenvalue weighted by Gasteiger charge is -2.20. The van der Waals surface area contributed by atoms with Crippen LogP contribution in [0.15, 0.2) is 0 Å². The fraction of sp³-hybridized carbons (Fsp3) is 0.667. The molecule has 4 nitrogen and oxygen atoms in total. The van der Waals surface area contributed by atoms with E-state index in [0.29, 0.717) is 0 Å². The molecule has 1 N–H and O–H groups in total. The molecule has 1 aromatic rings. The highest BCUT2D eigenvalue weighted by molar-refractivity contribution is 5.58. The maximum absolute atomic E-state index is 4.62. The molecule has 0 saturated carbocycles. The van der Waals surface area contributed by atoms with Gasteiger partial charge in [0.1, 0.15) is 17.5 Å². The summed E-state index contributed by atoms with van der Waals surface area (Å²) in [7, 11) is 3.96. The van der Waals surface area contributed by atoms with E-state index in [4.69, 9.17) is 0 Å². The van der Waals surface area contributed by atoms with E-state index in [2.05, 4.69) is 48.0 Å². The quantitative estimate of drug-likeness (QED) is 0.829. The third-order valence-electron chi connectivity index (χ3n) is 2.71. The van der Waals surface area contributed by atoms with E-state index in [-0.39, 0.29) is 0 Å². The van der Waals surface area contributed by atoms with Crippen LogP contribution in [0.5, 0.6) is 0 Å². The van der Waals surface area contributed by atoms with Crippen LogP contribution in [-0.4, -0.2) is 30.6 Å². The summed E-state index contributed by atoms with van der Waals surface area (Å²) < 4.78 is 0. The van der Waals surface area contributed by atoms with E-state index >= 15 is 0 Å². The molecular formula is C12H22N4. The minimum Gasteiger partial charge on any atom is -0.373 e. The topological polar surface area (TPSA) is 41.1 Å². The van der Waals surface area contributed by atoms with Crippen molar-refractivity contribution >= 4 is 11.6 Å². The number of nitrogens with one attached hydrogen (secondary N) is 1. The van der Waals surface area contributed by atoms with Crippen molar-refractivity contribution in [1.29, 1.82) is 0 Å². The SMILES string of the molecule is CCCc1nc(NC)c(C)c(N(C)CC)n1. The highest BCUT2D eigenvalue weighted by Crippen LogP contribution is 2.22. The Kier molecular flexibility index (Phi) is 4.52. The van der Waals surface area contributed by atoms with Crippen molar-refractivity contribution in [2.24, 2.45) is 0 Å². The minimum absolute atomic E-state index is 0.924. The summed E-state index contributed by atoms with van der Waals surface area (Å²) in [5.74, 6) is 2.90. The largest absolute Gasteiger partial charge is 0.373 e. The lowest BCUT2D eigenvalue weighted by molar-refractivity contribution is 0.815. The monoisotopic (exact) mass is 222 g/mol. The van der Waals surface area contributed by atoms with Crippen molar-refractivity contribution in [3.05, 3.63) is 11.4 Å². The summed E-state index contributed by atoms with van der Waals surface area (Å²) in [5, 5.41) is 3.14. The van der Waals surface area contributed by atoms with Gasteiger partial charge in [0.05, 0.1) is 0 Å². The molecule has 1 heterocycles. The second-order valence-electron chi connectivity index (χ2n) is 3.95. The molecular weight excluding hydrogens is 200 g/mol. The lowest BCUT2D eigenvalue weighted by Crippen LogP contribution is -2.20. The second-order valence-corrected chi connectivity index (χ2v) is 3.95. The van der Waals surface area contributed by atoms with Crippen molar-refractivity contribution in [2.45, 2.75) is 33.6 Å². The molecule has 0 saturated heterocycles. The van der Waals surface area contributed by atoms with E-state index in [1.807, 2.05) is 7.05 Å². The standard InChI is InChI=1S/C12H22N4/c1-6-8-10-14-11(13-4)9(3)12(15-10)16(5)7-2/h6-8H2,1-5H3,(H,13,14,15). The highest BCUT2D eigenvalue weighted by Gasteiger charge is 2.11. The Morgan fingerprint density at radius 2 is 1.94 bits per heavy atom. The van der Waals surface area contributed by atoms with Gasteiger partial charge in [0.15, 0.2) is 0 Å². The number of rotatable bonds is 5. The number of aryl methyl sites for hydroxylation is 1. The van der Waals surface area contributed by atoms with E-state index in [1.165, 1.54) is 0 Å². The number of aromatic nitrogens is 2. The van der Waals surface area contributed by atoms with E-state index < -0.39 is 0 Å². The fourth-order valence-electron chi connectivity index (χ4n) is 1.65. The van der Waals surface area contributed by atoms with Crippen molar-refractivity contribution in [3.8, 4) is 0 Å². The van der Waals surface area contributed by atoms with Crippen LogP contribution in [0, 0.1) is 6.92 Å². The van der Waals surface area contributed by atoms with Crippen LogP contribution >= 0.6 is 0 Å². The van der Waals surface area contributed by atoms with E-state index in [0.717, 1.165) is 42.4 Å². The average Bonchev–Trinajstić information content (AvgIpc) is 2.30. The van der Waals surface area contributed by atoms with Gasteiger partial charge in [0.2, 0.25) is 0 Å². The van der Waals surface area contributed by atoms with Crippen molar-refractivity contribution in [1.82, 2.24) is 9.97 Å². The van der Waals surface area contributed by atoms with Gasteiger partial charge in [-0.25, -0.2) is 9.97 Å². The van der Waals surface area contributed by atoms with Crippen LogP contribution in [0.2, 0.25) is 0 Å². The predicted molar refractivity (Wildman–Crippen MR) is 69.3 cm³/mol. The van der Waals surface area contributed by atoms with Gasteiger partial charge in [0, 0.05) is 32.6 Å². The van der Waals surface area contributed by atoms with Gasteiger partial charge >= 0.3 is 0 Å². The van der Waals surface area contributed by atoms with Gasteiger partial charge < -0.3 is 10.2 Å². The van der Waals surface area contributed by atoms with Crippen LogP contribution in [0.4, 0.5) is 11.6 Å². The molecule has 4 heteroatoms. The molecule has 16 heavy (non-hydrogen) atoms. The van der Waals surface area contributed by atoms with Gasteiger partial charge in [-0.05, 0) is 20.3 Å². The van der Waals surface area contributed by atoms with Crippen LogP contribution in [-0.2, 0) is 6.42 Å². The molecule has 0 unspecified atom stereocenters. The lowest BCUT2D eigenvalue weighted by atomic mass is 10.2. The smallest absolute Gasteiger partial charge is 0.137 e. The third kappa shape index (κ3) is 2.62. The molecule has 0 fully saturated rings. The third-order valence-corrected chi connectivity index (χ3v) is 2.71. The Balaban J connectivity index is 3.18. The molecule has 0 atom stereocenters. The summed E-state index contributed by atoms with van der Waals surface area (Å²) in [6.07, 6.45) is 2.00. The molecule has 0 radical (unpaired) electrons. The van der Waals surface area contributed by atoms with Gasteiger partial charge in [0.25, 0.3) is 0 Å². The van der Waals surface area contributed by atoms with Gasteiger partial charge in [-0.15, -0.1) is 0 Å². The Hall–Kier alpha value is -1.32.